The molecule has 0 saturated heterocycles. The van der Waals surface area contributed by atoms with Crippen molar-refractivity contribution in [3.8, 4) is 0 Å². The molecule has 1 heterocycles. The normalized spacial score (nSPS) is 25.2. The quantitative estimate of drug-likeness (QED) is 0.742. The van der Waals surface area contributed by atoms with Crippen molar-refractivity contribution in [2.75, 3.05) is 0 Å². The van der Waals surface area contributed by atoms with Crippen LogP contribution in [-0.2, 0) is 6.42 Å². The van der Waals surface area contributed by atoms with Gasteiger partial charge in [0.15, 0.2) is 0 Å². The summed E-state index contributed by atoms with van der Waals surface area (Å²) in [5.41, 5.74) is 2.73. The molecular weight excluding hydrogens is 206 g/mol. The molecule has 2 rings (SSSR count). The molecule has 0 N–H and O–H groups in total. The van der Waals surface area contributed by atoms with Crippen LogP contribution in [0.1, 0.15) is 63.6 Å². The molecule has 1 aliphatic carbocycles. The highest BCUT2D eigenvalue weighted by molar-refractivity contribution is 5.19. The zero-order valence-corrected chi connectivity index (χ0v) is 11.4. The average Bonchev–Trinajstić information content (AvgIpc) is 2.32. The Bertz CT molecular complexity index is 348. The van der Waals surface area contributed by atoms with Crippen LogP contribution >= 0.6 is 0 Å². The molecule has 1 fully saturated rings. The average molecular weight is 231 g/mol. The van der Waals surface area contributed by atoms with Crippen LogP contribution in [0.25, 0.3) is 0 Å². The first-order valence-corrected chi connectivity index (χ1v) is 7.10. The molecule has 0 radical (unpaired) electrons. The van der Waals surface area contributed by atoms with Crippen molar-refractivity contribution >= 4 is 0 Å². The van der Waals surface area contributed by atoms with Gasteiger partial charge in [-0.1, -0.05) is 33.6 Å². The predicted molar refractivity (Wildman–Crippen MR) is 73.2 cm³/mol. The van der Waals surface area contributed by atoms with Gasteiger partial charge in [-0.2, -0.15) is 0 Å². The van der Waals surface area contributed by atoms with Crippen LogP contribution in [0.4, 0.5) is 0 Å². The molecular formula is C16H25N. The lowest BCUT2D eigenvalue weighted by Gasteiger charge is -2.26. The standard InChI is InChI=1S/C16H25N/c1-12(2)16-11-15(8-9-17-16)10-14-6-4-13(3)5-7-14/h8-9,11-14H,4-7,10H2,1-3H3. The van der Waals surface area contributed by atoms with Crippen molar-refractivity contribution in [3.63, 3.8) is 0 Å². The molecule has 94 valence electrons. The van der Waals surface area contributed by atoms with Crippen LogP contribution in [0.2, 0.25) is 0 Å². The van der Waals surface area contributed by atoms with E-state index in [1.165, 1.54) is 43.4 Å². The van der Waals surface area contributed by atoms with E-state index in [1.807, 2.05) is 6.20 Å². The molecule has 0 aromatic carbocycles. The van der Waals surface area contributed by atoms with E-state index in [1.54, 1.807) is 0 Å². The second-order valence-corrected chi connectivity index (χ2v) is 6.07. The molecule has 0 aliphatic heterocycles. The van der Waals surface area contributed by atoms with Gasteiger partial charge >= 0.3 is 0 Å². The van der Waals surface area contributed by atoms with E-state index in [4.69, 9.17) is 0 Å². The van der Waals surface area contributed by atoms with E-state index in [9.17, 15) is 0 Å². The molecule has 0 bridgehead atoms. The van der Waals surface area contributed by atoms with E-state index in [0.29, 0.717) is 5.92 Å². The fourth-order valence-electron chi connectivity index (χ4n) is 2.80. The minimum atomic E-state index is 0.543. The summed E-state index contributed by atoms with van der Waals surface area (Å²) in [5.74, 6) is 2.41. The summed E-state index contributed by atoms with van der Waals surface area (Å²) in [6.45, 7) is 6.82. The Labute approximate surface area is 106 Å². The van der Waals surface area contributed by atoms with Crippen LogP contribution in [0.15, 0.2) is 18.3 Å². The highest BCUT2D eigenvalue weighted by Gasteiger charge is 2.18. The number of hydrogen-bond acceptors (Lipinski definition) is 1. The van der Waals surface area contributed by atoms with Crippen molar-refractivity contribution in [3.05, 3.63) is 29.6 Å². The molecule has 17 heavy (non-hydrogen) atoms. The summed E-state index contributed by atoms with van der Waals surface area (Å²) in [6, 6.07) is 4.51. The maximum absolute atomic E-state index is 4.44. The summed E-state index contributed by atoms with van der Waals surface area (Å²) < 4.78 is 0. The van der Waals surface area contributed by atoms with Gasteiger partial charge in [-0.3, -0.25) is 4.98 Å². The molecule has 1 aromatic rings. The molecule has 1 nitrogen and oxygen atoms in total. The lowest BCUT2D eigenvalue weighted by atomic mass is 9.80. The molecule has 0 amide bonds. The van der Waals surface area contributed by atoms with E-state index in [0.717, 1.165) is 11.8 Å². The van der Waals surface area contributed by atoms with Crippen molar-refractivity contribution in [1.29, 1.82) is 0 Å². The third-order valence-corrected chi connectivity index (χ3v) is 4.10. The van der Waals surface area contributed by atoms with E-state index >= 15 is 0 Å². The van der Waals surface area contributed by atoms with Crippen LogP contribution in [-0.4, -0.2) is 4.98 Å². The number of rotatable bonds is 3. The van der Waals surface area contributed by atoms with E-state index in [-0.39, 0.29) is 0 Å². The smallest absolute Gasteiger partial charge is 0.0431 e. The Morgan fingerprint density at radius 2 is 1.94 bits per heavy atom. The van der Waals surface area contributed by atoms with Gasteiger partial charge in [0.1, 0.15) is 0 Å². The summed E-state index contributed by atoms with van der Waals surface area (Å²) in [5, 5.41) is 0. The molecule has 1 heteroatoms. The lowest BCUT2D eigenvalue weighted by molar-refractivity contribution is 0.289. The largest absolute Gasteiger partial charge is 0.261 e. The maximum atomic E-state index is 4.44. The molecule has 1 aliphatic rings. The fourth-order valence-corrected chi connectivity index (χ4v) is 2.80. The second-order valence-electron chi connectivity index (χ2n) is 6.07. The Morgan fingerprint density at radius 3 is 2.59 bits per heavy atom. The third-order valence-electron chi connectivity index (χ3n) is 4.10. The van der Waals surface area contributed by atoms with Crippen molar-refractivity contribution in [1.82, 2.24) is 4.98 Å². The summed E-state index contributed by atoms with van der Waals surface area (Å²) in [6.07, 6.45) is 8.92. The second kappa shape index (κ2) is 5.66. The summed E-state index contributed by atoms with van der Waals surface area (Å²) in [7, 11) is 0. The SMILES string of the molecule is CC1CCC(Cc2ccnc(C(C)C)c2)CC1. The van der Waals surface area contributed by atoms with Gasteiger partial charge in [-0.05, 0) is 54.7 Å². The first-order valence-electron chi connectivity index (χ1n) is 7.10. The first kappa shape index (κ1) is 12.6. The van der Waals surface area contributed by atoms with Gasteiger partial charge in [0.05, 0.1) is 0 Å². The number of nitrogens with zero attached hydrogens (tertiary/aromatic N) is 1. The minimum absolute atomic E-state index is 0.543. The van der Waals surface area contributed by atoms with Crippen LogP contribution in [0, 0.1) is 11.8 Å². The van der Waals surface area contributed by atoms with E-state index < -0.39 is 0 Å². The van der Waals surface area contributed by atoms with Gasteiger partial charge in [0.2, 0.25) is 0 Å². The third kappa shape index (κ3) is 3.55. The van der Waals surface area contributed by atoms with Crippen molar-refractivity contribution < 1.29 is 0 Å². The molecule has 0 atom stereocenters. The first-order chi connectivity index (χ1) is 8.15. The molecule has 0 unspecified atom stereocenters. The summed E-state index contributed by atoms with van der Waals surface area (Å²) >= 11 is 0. The van der Waals surface area contributed by atoms with Gasteiger partial charge in [-0.25, -0.2) is 0 Å². The van der Waals surface area contributed by atoms with Crippen LogP contribution in [0.5, 0.6) is 0 Å². The Morgan fingerprint density at radius 1 is 1.24 bits per heavy atom. The van der Waals surface area contributed by atoms with Gasteiger partial charge < -0.3 is 0 Å². The Kier molecular flexibility index (Phi) is 4.20. The Hall–Kier alpha value is -0.850. The van der Waals surface area contributed by atoms with Crippen molar-refractivity contribution in [2.24, 2.45) is 11.8 Å². The van der Waals surface area contributed by atoms with Gasteiger partial charge in [0, 0.05) is 11.9 Å². The Balaban J connectivity index is 1.96. The predicted octanol–water partition coefficient (Wildman–Crippen LogP) is 4.57. The fraction of sp³-hybridized carbons (Fsp3) is 0.688. The van der Waals surface area contributed by atoms with Crippen LogP contribution in [0.3, 0.4) is 0 Å². The molecule has 1 saturated carbocycles. The maximum Gasteiger partial charge on any atom is 0.0431 e. The topological polar surface area (TPSA) is 12.9 Å². The number of pyridine rings is 1. The number of hydrogen-bond donors (Lipinski definition) is 0. The number of aromatic nitrogens is 1. The van der Waals surface area contributed by atoms with Crippen molar-refractivity contribution in [2.45, 2.75) is 58.8 Å². The van der Waals surface area contributed by atoms with Gasteiger partial charge in [0.25, 0.3) is 0 Å². The zero-order chi connectivity index (χ0) is 12.3. The molecule has 1 aromatic heterocycles. The zero-order valence-electron chi connectivity index (χ0n) is 11.4. The van der Waals surface area contributed by atoms with Crippen LogP contribution < -0.4 is 0 Å². The minimum Gasteiger partial charge on any atom is -0.261 e. The monoisotopic (exact) mass is 231 g/mol. The highest BCUT2D eigenvalue weighted by Crippen LogP contribution is 2.30. The van der Waals surface area contributed by atoms with E-state index in [2.05, 4.69) is 37.9 Å². The summed E-state index contributed by atoms with van der Waals surface area (Å²) in [4.78, 5) is 4.44. The lowest BCUT2D eigenvalue weighted by Crippen LogP contribution is -2.14. The molecule has 0 spiro atoms. The highest BCUT2D eigenvalue weighted by atomic mass is 14.7. The van der Waals surface area contributed by atoms with Gasteiger partial charge in [-0.15, -0.1) is 0 Å².